The van der Waals surface area contributed by atoms with Crippen LogP contribution in [0.15, 0.2) is 47.1 Å². The van der Waals surface area contributed by atoms with Crippen molar-refractivity contribution in [2.75, 3.05) is 37.0 Å². The number of carbonyl (C=O) groups excluding carboxylic acids is 1. The number of anilines is 1. The number of rotatable bonds is 6. The van der Waals surface area contributed by atoms with Crippen LogP contribution in [0.5, 0.6) is 5.75 Å². The molecule has 4 rings (SSSR count). The number of furan rings is 1. The molecule has 0 radical (unpaired) electrons. The lowest BCUT2D eigenvalue weighted by Crippen LogP contribution is -2.32. The number of aryl methyl sites for hydroxylation is 1. The Morgan fingerprint density at radius 2 is 2.03 bits per heavy atom. The molecule has 5 nitrogen and oxygen atoms in total. The number of amides is 1. The molecular weight excluding hydrogens is 384 g/mol. The highest BCUT2D eigenvalue weighted by atomic mass is 32.2. The van der Waals surface area contributed by atoms with E-state index < -0.39 is 0 Å². The van der Waals surface area contributed by atoms with E-state index in [1.54, 1.807) is 13.4 Å². The van der Waals surface area contributed by atoms with Crippen LogP contribution in [0.4, 0.5) is 5.69 Å². The average Bonchev–Trinajstić information content (AvgIpc) is 3.13. The largest absolute Gasteiger partial charge is 0.497 e. The number of carbonyl (C=O) groups is 1. The summed E-state index contributed by atoms with van der Waals surface area (Å²) in [5.41, 5.74) is 4.79. The van der Waals surface area contributed by atoms with Crippen molar-refractivity contribution in [3.8, 4) is 5.75 Å². The molecule has 152 valence electrons. The van der Waals surface area contributed by atoms with Gasteiger partial charge >= 0.3 is 0 Å². The van der Waals surface area contributed by atoms with Crippen LogP contribution >= 0.6 is 11.8 Å². The highest BCUT2D eigenvalue weighted by Crippen LogP contribution is 2.26. The summed E-state index contributed by atoms with van der Waals surface area (Å²) in [6, 6.07) is 12.0. The fourth-order valence-electron chi connectivity index (χ4n) is 3.61. The molecule has 1 amide bonds. The smallest absolute Gasteiger partial charge is 0.228 e. The van der Waals surface area contributed by atoms with Gasteiger partial charge in [0.25, 0.3) is 0 Å². The van der Waals surface area contributed by atoms with Gasteiger partial charge < -0.3 is 14.5 Å². The summed E-state index contributed by atoms with van der Waals surface area (Å²) in [7, 11) is 1.62. The Morgan fingerprint density at radius 3 is 2.83 bits per heavy atom. The fourth-order valence-corrected chi connectivity index (χ4v) is 4.59. The van der Waals surface area contributed by atoms with Crippen LogP contribution < -0.4 is 10.1 Å². The van der Waals surface area contributed by atoms with Crippen molar-refractivity contribution < 1.29 is 13.9 Å². The van der Waals surface area contributed by atoms with Crippen LogP contribution in [0.2, 0.25) is 0 Å². The highest BCUT2D eigenvalue weighted by Gasteiger charge is 2.14. The highest BCUT2D eigenvalue weighted by molar-refractivity contribution is 7.99. The fraction of sp³-hybridized carbons (Fsp3) is 0.348. The minimum absolute atomic E-state index is 0.0434. The molecule has 1 aromatic heterocycles. The molecule has 1 aliphatic heterocycles. The van der Waals surface area contributed by atoms with E-state index in [1.165, 1.54) is 17.1 Å². The van der Waals surface area contributed by atoms with Gasteiger partial charge in [-0.15, -0.1) is 0 Å². The van der Waals surface area contributed by atoms with E-state index in [4.69, 9.17) is 9.15 Å². The van der Waals surface area contributed by atoms with E-state index in [2.05, 4.69) is 28.4 Å². The van der Waals surface area contributed by atoms with Crippen molar-refractivity contribution in [1.29, 1.82) is 0 Å². The summed E-state index contributed by atoms with van der Waals surface area (Å²) in [6.45, 7) is 5.20. The molecule has 0 bridgehead atoms. The Morgan fingerprint density at radius 1 is 1.21 bits per heavy atom. The minimum Gasteiger partial charge on any atom is -0.497 e. The number of nitrogens with one attached hydrogen (secondary N) is 1. The van der Waals surface area contributed by atoms with Gasteiger partial charge in [0.05, 0.1) is 19.8 Å². The molecule has 6 heteroatoms. The van der Waals surface area contributed by atoms with Crippen LogP contribution in [0.3, 0.4) is 0 Å². The molecule has 29 heavy (non-hydrogen) atoms. The summed E-state index contributed by atoms with van der Waals surface area (Å²) in [4.78, 5) is 15.2. The van der Waals surface area contributed by atoms with Crippen LogP contribution in [0, 0.1) is 6.92 Å². The molecule has 0 saturated carbocycles. The number of fused-ring (bicyclic) bond motifs is 1. The van der Waals surface area contributed by atoms with Crippen molar-refractivity contribution >= 4 is 34.3 Å². The quantitative estimate of drug-likeness (QED) is 0.649. The first kappa shape index (κ1) is 19.9. The summed E-state index contributed by atoms with van der Waals surface area (Å²) >= 11 is 2.01. The van der Waals surface area contributed by atoms with Crippen LogP contribution in [0.1, 0.15) is 16.7 Å². The molecule has 1 aliphatic rings. The van der Waals surface area contributed by atoms with Crippen molar-refractivity contribution in [2.45, 2.75) is 19.9 Å². The lowest BCUT2D eigenvalue weighted by molar-refractivity contribution is -0.115. The SMILES string of the molecule is COc1ccc2c(CC(=O)Nc3cc(CN4CCSCC4)ccc3C)coc2c1. The summed E-state index contributed by atoms with van der Waals surface area (Å²) < 4.78 is 10.8. The zero-order valence-electron chi connectivity index (χ0n) is 16.9. The van der Waals surface area contributed by atoms with Gasteiger partial charge in [-0.1, -0.05) is 12.1 Å². The maximum atomic E-state index is 12.7. The maximum absolute atomic E-state index is 12.7. The number of thioether (sulfide) groups is 1. The number of hydrogen-bond donors (Lipinski definition) is 1. The molecule has 0 aliphatic carbocycles. The van der Waals surface area contributed by atoms with Gasteiger partial charge in [0.15, 0.2) is 0 Å². The second-order valence-electron chi connectivity index (χ2n) is 7.39. The van der Waals surface area contributed by atoms with E-state index in [0.29, 0.717) is 0 Å². The molecule has 0 atom stereocenters. The zero-order chi connectivity index (χ0) is 20.2. The molecular formula is C23H26N2O3S. The van der Waals surface area contributed by atoms with Crippen molar-refractivity contribution in [1.82, 2.24) is 4.90 Å². The van der Waals surface area contributed by atoms with Crippen molar-refractivity contribution in [3.05, 3.63) is 59.4 Å². The van der Waals surface area contributed by atoms with Gasteiger partial charge in [-0.25, -0.2) is 0 Å². The Bertz CT molecular complexity index is 1010. The van der Waals surface area contributed by atoms with Crippen LogP contribution in [-0.2, 0) is 17.8 Å². The van der Waals surface area contributed by atoms with Crippen molar-refractivity contribution in [2.24, 2.45) is 0 Å². The molecule has 0 spiro atoms. The van der Waals surface area contributed by atoms with E-state index in [-0.39, 0.29) is 12.3 Å². The molecule has 1 N–H and O–H groups in total. The van der Waals surface area contributed by atoms with Crippen LogP contribution in [0.25, 0.3) is 11.0 Å². The Balaban J connectivity index is 1.44. The third kappa shape index (κ3) is 4.77. The van der Waals surface area contributed by atoms with Crippen LogP contribution in [-0.4, -0.2) is 42.5 Å². The first-order valence-electron chi connectivity index (χ1n) is 9.86. The van der Waals surface area contributed by atoms with E-state index >= 15 is 0 Å². The molecule has 1 saturated heterocycles. The Labute approximate surface area is 175 Å². The monoisotopic (exact) mass is 410 g/mol. The Hall–Kier alpha value is -2.44. The predicted molar refractivity (Wildman–Crippen MR) is 119 cm³/mol. The van der Waals surface area contributed by atoms with Gasteiger partial charge in [0, 0.05) is 53.8 Å². The molecule has 1 fully saturated rings. The molecule has 0 unspecified atom stereocenters. The predicted octanol–water partition coefficient (Wildman–Crippen LogP) is 4.48. The number of methoxy groups -OCH3 is 1. The van der Waals surface area contributed by atoms with Gasteiger partial charge in [-0.3, -0.25) is 9.69 Å². The van der Waals surface area contributed by atoms with E-state index in [1.807, 2.05) is 36.9 Å². The first-order valence-corrected chi connectivity index (χ1v) is 11.0. The lowest BCUT2D eigenvalue weighted by Gasteiger charge is -2.26. The molecule has 2 heterocycles. The lowest BCUT2D eigenvalue weighted by atomic mass is 10.1. The zero-order valence-corrected chi connectivity index (χ0v) is 17.7. The van der Waals surface area contributed by atoms with Gasteiger partial charge in [-0.05, 0) is 36.2 Å². The maximum Gasteiger partial charge on any atom is 0.228 e. The average molecular weight is 411 g/mol. The molecule has 2 aromatic carbocycles. The number of hydrogen-bond acceptors (Lipinski definition) is 5. The number of benzene rings is 2. The van der Waals surface area contributed by atoms with Gasteiger partial charge in [-0.2, -0.15) is 11.8 Å². The summed E-state index contributed by atoms with van der Waals surface area (Å²) in [5.74, 6) is 3.08. The topological polar surface area (TPSA) is 54.7 Å². The standard InChI is InChI=1S/C23H26N2O3S/c1-16-3-4-17(14-25-7-9-29-10-8-25)11-21(16)24-23(26)12-18-15-28-22-13-19(27-2)5-6-20(18)22/h3-6,11,13,15H,7-10,12,14H2,1-2H3,(H,24,26). The minimum atomic E-state index is -0.0434. The van der Waals surface area contributed by atoms with Gasteiger partial charge in [0.1, 0.15) is 11.3 Å². The van der Waals surface area contributed by atoms with E-state index in [0.717, 1.165) is 53.2 Å². The first-order chi connectivity index (χ1) is 14.1. The Kier molecular flexibility index (Phi) is 6.11. The number of nitrogens with zero attached hydrogens (tertiary/aromatic N) is 1. The molecule has 3 aromatic rings. The second kappa shape index (κ2) is 8.93. The van der Waals surface area contributed by atoms with Crippen molar-refractivity contribution in [3.63, 3.8) is 0 Å². The third-order valence-corrected chi connectivity index (χ3v) is 6.24. The second-order valence-corrected chi connectivity index (χ2v) is 8.61. The number of ether oxygens (including phenoxy) is 1. The summed E-state index contributed by atoms with van der Waals surface area (Å²) in [5, 5.41) is 4.02. The van der Waals surface area contributed by atoms with Gasteiger partial charge in [0.2, 0.25) is 5.91 Å². The summed E-state index contributed by atoms with van der Waals surface area (Å²) in [6.07, 6.45) is 1.92. The third-order valence-electron chi connectivity index (χ3n) is 5.30. The van der Waals surface area contributed by atoms with E-state index in [9.17, 15) is 4.79 Å². The normalized spacial score (nSPS) is 14.8.